The van der Waals surface area contributed by atoms with Gasteiger partial charge in [0, 0.05) is 56.5 Å². The topological polar surface area (TPSA) is 77.6 Å². The van der Waals surface area contributed by atoms with Gasteiger partial charge in [0.05, 0.1) is 6.04 Å². The van der Waals surface area contributed by atoms with Crippen molar-refractivity contribution in [3.63, 3.8) is 0 Å². The Kier molecular flexibility index (Phi) is 7.54. The van der Waals surface area contributed by atoms with Crippen molar-refractivity contribution in [3.8, 4) is 0 Å². The number of carbonyl (C=O) groups is 2. The third kappa shape index (κ3) is 5.80. The van der Waals surface area contributed by atoms with Gasteiger partial charge in [-0.3, -0.25) is 19.5 Å². The minimum absolute atomic E-state index is 0.0657. The van der Waals surface area contributed by atoms with Crippen molar-refractivity contribution >= 4 is 23.2 Å². The fourth-order valence-corrected chi connectivity index (χ4v) is 4.28. The summed E-state index contributed by atoms with van der Waals surface area (Å²) in [6, 6.07) is 20.0. The second kappa shape index (κ2) is 10.9. The standard InChI is InChI=1S/C27H31N5O2/c1-20-10-11-21(2)24(17-20)30-27(34)26(33)29-19-25(22-7-6-12-28-18-22)32-15-13-31(14-16-32)23-8-4-3-5-9-23/h3-12,17-18,25H,13-16,19H2,1-2H3,(H,29,33)(H,30,34)/t25-/m0/s1. The number of carbonyl (C=O) groups excluding carboxylic acids is 2. The van der Waals surface area contributed by atoms with E-state index in [2.05, 4.69) is 49.7 Å². The van der Waals surface area contributed by atoms with Gasteiger partial charge >= 0.3 is 11.8 Å². The minimum atomic E-state index is -0.660. The van der Waals surface area contributed by atoms with E-state index in [1.54, 1.807) is 6.20 Å². The summed E-state index contributed by atoms with van der Waals surface area (Å²) in [4.78, 5) is 34.2. The number of hydrogen-bond acceptors (Lipinski definition) is 5. The van der Waals surface area contributed by atoms with Gasteiger partial charge in [-0.2, -0.15) is 0 Å². The Labute approximate surface area is 200 Å². The molecule has 1 aliphatic rings. The monoisotopic (exact) mass is 457 g/mol. The molecule has 4 rings (SSSR count). The van der Waals surface area contributed by atoms with Crippen LogP contribution in [-0.4, -0.2) is 54.4 Å². The molecular weight excluding hydrogens is 426 g/mol. The Balaban J connectivity index is 1.39. The van der Waals surface area contributed by atoms with Crippen LogP contribution in [0.2, 0.25) is 0 Å². The second-order valence-corrected chi connectivity index (χ2v) is 8.64. The Hall–Kier alpha value is -3.71. The number of nitrogens with one attached hydrogen (secondary N) is 2. The van der Waals surface area contributed by atoms with Crippen LogP contribution in [0.15, 0.2) is 73.1 Å². The van der Waals surface area contributed by atoms with E-state index in [4.69, 9.17) is 0 Å². The molecule has 1 saturated heterocycles. The first-order valence-electron chi connectivity index (χ1n) is 11.6. The first-order chi connectivity index (χ1) is 16.5. The quantitative estimate of drug-likeness (QED) is 0.556. The first-order valence-corrected chi connectivity index (χ1v) is 11.6. The summed E-state index contributed by atoms with van der Waals surface area (Å²) < 4.78 is 0. The molecule has 2 N–H and O–H groups in total. The smallest absolute Gasteiger partial charge is 0.313 e. The lowest BCUT2D eigenvalue weighted by Gasteiger charge is -2.40. The van der Waals surface area contributed by atoms with Crippen molar-refractivity contribution in [2.75, 3.05) is 42.9 Å². The van der Waals surface area contributed by atoms with E-state index in [1.807, 2.05) is 56.4 Å². The molecule has 3 aromatic rings. The van der Waals surface area contributed by atoms with E-state index < -0.39 is 11.8 Å². The molecule has 34 heavy (non-hydrogen) atoms. The van der Waals surface area contributed by atoms with Gasteiger partial charge in [-0.1, -0.05) is 36.4 Å². The molecule has 7 nitrogen and oxygen atoms in total. The van der Waals surface area contributed by atoms with Gasteiger partial charge < -0.3 is 15.5 Å². The minimum Gasteiger partial charge on any atom is -0.369 e. The summed E-state index contributed by atoms with van der Waals surface area (Å²) in [5, 5.41) is 5.58. The zero-order valence-electron chi connectivity index (χ0n) is 19.7. The molecule has 0 spiro atoms. The predicted octanol–water partition coefficient (Wildman–Crippen LogP) is 3.32. The Morgan fingerprint density at radius 1 is 0.941 bits per heavy atom. The van der Waals surface area contributed by atoms with Crippen LogP contribution in [0.4, 0.5) is 11.4 Å². The molecule has 0 aliphatic carbocycles. The summed E-state index contributed by atoms with van der Waals surface area (Å²) in [5.41, 5.74) is 4.83. The van der Waals surface area contributed by atoms with Gasteiger partial charge in [0.25, 0.3) is 0 Å². The van der Waals surface area contributed by atoms with E-state index in [9.17, 15) is 9.59 Å². The number of aryl methyl sites for hydroxylation is 2. The molecule has 0 unspecified atom stereocenters. The lowest BCUT2D eigenvalue weighted by molar-refractivity contribution is -0.136. The fourth-order valence-electron chi connectivity index (χ4n) is 4.28. The van der Waals surface area contributed by atoms with Crippen LogP contribution < -0.4 is 15.5 Å². The molecule has 2 amide bonds. The van der Waals surface area contributed by atoms with Gasteiger partial charge in [0.1, 0.15) is 0 Å². The Morgan fingerprint density at radius 2 is 1.71 bits per heavy atom. The molecule has 0 radical (unpaired) electrons. The van der Waals surface area contributed by atoms with Gasteiger partial charge in [-0.15, -0.1) is 0 Å². The van der Waals surface area contributed by atoms with Gasteiger partial charge in [0.15, 0.2) is 0 Å². The molecule has 1 aromatic heterocycles. The van der Waals surface area contributed by atoms with Crippen molar-refractivity contribution in [1.29, 1.82) is 0 Å². The highest BCUT2D eigenvalue weighted by molar-refractivity contribution is 6.39. The van der Waals surface area contributed by atoms with E-state index >= 15 is 0 Å². The molecule has 176 valence electrons. The third-order valence-corrected chi connectivity index (χ3v) is 6.25. The molecule has 0 bridgehead atoms. The van der Waals surface area contributed by atoms with E-state index in [1.165, 1.54) is 5.69 Å². The first kappa shape index (κ1) is 23.4. The normalized spacial score (nSPS) is 14.9. The summed E-state index contributed by atoms with van der Waals surface area (Å²) in [6.07, 6.45) is 3.57. The maximum Gasteiger partial charge on any atom is 0.313 e. The number of piperazine rings is 1. The van der Waals surface area contributed by atoms with Gasteiger partial charge in [-0.25, -0.2) is 0 Å². The average Bonchev–Trinajstić information content (AvgIpc) is 2.88. The zero-order valence-corrected chi connectivity index (χ0v) is 19.7. The van der Waals surface area contributed by atoms with Crippen LogP contribution in [-0.2, 0) is 9.59 Å². The van der Waals surface area contributed by atoms with Crippen molar-refractivity contribution in [1.82, 2.24) is 15.2 Å². The van der Waals surface area contributed by atoms with E-state index in [0.717, 1.165) is 42.9 Å². The van der Waals surface area contributed by atoms with E-state index in [-0.39, 0.29) is 6.04 Å². The van der Waals surface area contributed by atoms with Crippen molar-refractivity contribution in [2.24, 2.45) is 0 Å². The fraction of sp³-hybridized carbons (Fsp3) is 0.296. The summed E-state index contributed by atoms with van der Waals surface area (Å²) in [7, 11) is 0. The highest BCUT2D eigenvalue weighted by Gasteiger charge is 2.27. The van der Waals surface area contributed by atoms with Gasteiger partial charge in [0.2, 0.25) is 0 Å². The number of anilines is 2. The zero-order chi connectivity index (χ0) is 23.9. The summed E-state index contributed by atoms with van der Waals surface area (Å²) in [6.45, 7) is 7.66. The molecule has 1 fully saturated rings. The maximum atomic E-state index is 12.6. The van der Waals surface area contributed by atoms with Gasteiger partial charge in [-0.05, 0) is 54.8 Å². The second-order valence-electron chi connectivity index (χ2n) is 8.64. The third-order valence-electron chi connectivity index (χ3n) is 6.25. The number of aromatic nitrogens is 1. The molecule has 1 aliphatic heterocycles. The summed E-state index contributed by atoms with van der Waals surface area (Å²) >= 11 is 0. The number of rotatable bonds is 6. The van der Waals surface area contributed by atoms with Crippen molar-refractivity contribution in [2.45, 2.75) is 19.9 Å². The van der Waals surface area contributed by atoms with Crippen LogP contribution in [0, 0.1) is 13.8 Å². The number of hydrogen-bond donors (Lipinski definition) is 2. The molecule has 2 heterocycles. The van der Waals surface area contributed by atoms with Crippen LogP contribution in [0.3, 0.4) is 0 Å². The molecule has 0 saturated carbocycles. The number of amides is 2. The predicted molar refractivity (Wildman–Crippen MR) is 135 cm³/mol. The number of nitrogens with zero attached hydrogens (tertiary/aromatic N) is 3. The molecular formula is C27H31N5O2. The van der Waals surface area contributed by atoms with Crippen LogP contribution in [0.25, 0.3) is 0 Å². The maximum absolute atomic E-state index is 12.6. The molecule has 1 atom stereocenters. The molecule has 2 aromatic carbocycles. The number of benzene rings is 2. The Morgan fingerprint density at radius 3 is 2.41 bits per heavy atom. The average molecular weight is 458 g/mol. The van der Waals surface area contributed by atoms with E-state index in [0.29, 0.717) is 12.2 Å². The van der Waals surface area contributed by atoms with Crippen molar-refractivity contribution in [3.05, 3.63) is 89.7 Å². The molecule has 7 heteroatoms. The highest BCUT2D eigenvalue weighted by Crippen LogP contribution is 2.23. The highest BCUT2D eigenvalue weighted by atomic mass is 16.2. The largest absolute Gasteiger partial charge is 0.369 e. The van der Waals surface area contributed by atoms with Crippen LogP contribution in [0.1, 0.15) is 22.7 Å². The Bertz CT molecular complexity index is 1110. The lowest BCUT2D eigenvalue weighted by atomic mass is 10.1. The van der Waals surface area contributed by atoms with Crippen molar-refractivity contribution < 1.29 is 9.59 Å². The number of para-hydroxylation sites is 1. The summed E-state index contributed by atoms with van der Waals surface area (Å²) in [5.74, 6) is -1.30. The van der Waals surface area contributed by atoms with Crippen LogP contribution in [0.5, 0.6) is 0 Å². The number of pyridine rings is 1. The SMILES string of the molecule is Cc1ccc(C)c(NC(=O)C(=O)NC[C@@H](c2cccnc2)N2CCN(c3ccccc3)CC2)c1. The van der Waals surface area contributed by atoms with Crippen LogP contribution >= 0.6 is 0 Å². The lowest BCUT2D eigenvalue weighted by Crippen LogP contribution is -2.50.